The first kappa shape index (κ1) is 20.2. The van der Waals surface area contributed by atoms with Crippen molar-refractivity contribution in [1.29, 1.82) is 0 Å². The Labute approximate surface area is 140 Å². The van der Waals surface area contributed by atoms with E-state index >= 15 is 0 Å². The first-order valence-electron chi connectivity index (χ1n) is 7.75. The van der Waals surface area contributed by atoms with Crippen LogP contribution >= 0.6 is 12.4 Å². The molecule has 1 fully saturated rings. The molecule has 1 atom stereocenters. The fraction of sp³-hybridized carbons (Fsp3) is 0.625. The molecule has 1 saturated heterocycles. The van der Waals surface area contributed by atoms with E-state index in [9.17, 15) is 17.6 Å². The zero-order valence-electron chi connectivity index (χ0n) is 13.1. The van der Waals surface area contributed by atoms with Crippen molar-refractivity contribution in [2.24, 2.45) is 0 Å². The second-order valence-electron chi connectivity index (χ2n) is 5.68. The Bertz CT molecular complexity index is 487. The van der Waals surface area contributed by atoms with E-state index < -0.39 is 17.6 Å². The van der Waals surface area contributed by atoms with Crippen molar-refractivity contribution in [1.82, 2.24) is 10.2 Å². The van der Waals surface area contributed by atoms with Crippen molar-refractivity contribution in [3.05, 3.63) is 35.1 Å². The molecule has 0 radical (unpaired) electrons. The van der Waals surface area contributed by atoms with Gasteiger partial charge in [-0.25, -0.2) is 4.39 Å². The number of piperazine rings is 1. The molecule has 2 rings (SSSR count). The molecule has 0 bridgehead atoms. The van der Waals surface area contributed by atoms with E-state index in [1.807, 2.05) is 0 Å². The van der Waals surface area contributed by atoms with Gasteiger partial charge in [-0.05, 0) is 24.1 Å². The third-order valence-corrected chi connectivity index (χ3v) is 4.11. The first-order chi connectivity index (χ1) is 10.4. The van der Waals surface area contributed by atoms with Crippen LogP contribution in [-0.2, 0) is 6.18 Å². The monoisotopic (exact) mass is 354 g/mol. The third-order valence-electron chi connectivity index (χ3n) is 4.11. The molecule has 23 heavy (non-hydrogen) atoms. The van der Waals surface area contributed by atoms with Crippen LogP contribution in [0.4, 0.5) is 17.6 Å². The fourth-order valence-corrected chi connectivity index (χ4v) is 2.92. The number of nitrogens with one attached hydrogen (secondary N) is 1. The smallest absolute Gasteiger partial charge is 0.314 e. The van der Waals surface area contributed by atoms with Gasteiger partial charge in [0.05, 0.1) is 5.56 Å². The van der Waals surface area contributed by atoms with Gasteiger partial charge in [-0.15, -0.1) is 12.4 Å². The summed E-state index contributed by atoms with van der Waals surface area (Å²) in [6.45, 7) is 5.44. The summed E-state index contributed by atoms with van der Waals surface area (Å²) in [5.74, 6) is -1.18. The molecule has 1 N–H and O–H groups in total. The van der Waals surface area contributed by atoms with E-state index in [0.717, 1.165) is 57.6 Å². The Hall–Kier alpha value is -0.850. The van der Waals surface area contributed by atoms with Crippen molar-refractivity contribution in [2.75, 3.05) is 26.2 Å². The van der Waals surface area contributed by atoms with Gasteiger partial charge in [0, 0.05) is 32.2 Å². The minimum Gasteiger partial charge on any atom is -0.314 e. The summed E-state index contributed by atoms with van der Waals surface area (Å²) in [7, 11) is 0. The molecule has 0 aromatic heterocycles. The lowest BCUT2D eigenvalue weighted by Gasteiger charge is -2.35. The zero-order chi connectivity index (χ0) is 16.2. The predicted octanol–water partition coefficient (Wildman–Crippen LogP) is 4.40. The molecular formula is C16H23ClF4N2. The Morgan fingerprint density at radius 1 is 1.22 bits per heavy atom. The SMILES string of the molecule is CCCC[C@@H](c1ccc(C(F)(F)F)c(F)c1)N1CCNCC1.Cl. The molecule has 2 nitrogen and oxygen atoms in total. The van der Waals surface area contributed by atoms with E-state index in [4.69, 9.17) is 0 Å². The number of alkyl halides is 3. The van der Waals surface area contributed by atoms with Crippen molar-refractivity contribution in [3.63, 3.8) is 0 Å². The zero-order valence-corrected chi connectivity index (χ0v) is 13.9. The van der Waals surface area contributed by atoms with E-state index in [1.165, 1.54) is 6.07 Å². The summed E-state index contributed by atoms with van der Waals surface area (Å²) in [4.78, 5) is 2.23. The van der Waals surface area contributed by atoms with Gasteiger partial charge in [-0.2, -0.15) is 13.2 Å². The molecule has 0 aliphatic carbocycles. The van der Waals surface area contributed by atoms with Gasteiger partial charge < -0.3 is 5.32 Å². The van der Waals surface area contributed by atoms with Crippen molar-refractivity contribution >= 4 is 12.4 Å². The minimum absolute atomic E-state index is 0. The van der Waals surface area contributed by atoms with Crippen LogP contribution in [0.1, 0.15) is 43.4 Å². The van der Waals surface area contributed by atoms with Gasteiger partial charge in [0.2, 0.25) is 0 Å². The number of hydrogen-bond acceptors (Lipinski definition) is 2. The average molecular weight is 355 g/mol. The molecule has 1 aliphatic rings. The van der Waals surface area contributed by atoms with E-state index in [2.05, 4.69) is 17.1 Å². The number of unbranched alkanes of at least 4 members (excludes halogenated alkanes) is 1. The maximum atomic E-state index is 13.8. The summed E-state index contributed by atoms with van der Waals surface area (Å²) < 4.78 is 51.9. The molecule has 0 saturated carbocycles. The normalized spacial score (nSPS) is 17.6. The number of rotatable bonds is 5. The highest BCUT2D eigenvalue weighted by molar-refractivity contribution is 5.85. The standard InChI is InChI=1S/C16H22F4N2.ClH/c1-2-3-4-15(22-9-7-21-8-10-22)12-5-6-13(14(17)11-12)16(18,19)20;/h5-6,11,15,21H,2-4,7-10H2,1H3;1H/t15-;/m0./s1. The van der Waals surface area contributed by atoms with E-state index in [1.54, 1.807) is 0 Å². The fourth-order valence-electron chi connectivity index (χ4n) is 2.92. The summed E-state index contributed by atoms with van der Waals surface area (Å²) >= 11 is 0. The van der Waals surface area contributed by atoms with E-state index in [-0.39, 0.29) is 18.4 Å². The Balaban J connectivity index is 0.00000264. The summed E-state index contributed by atoms with van der Waals surface area (Å²) in [5, 5.41) is 3.25. The third kappa shape index (κ3) is 5.33. The van der Waals surface area contributed by atoms with Crippen LogP contribution in [0.25, 0.3) is 0 Å². The van der Waals surface area contributed by atoms with Crippen molar-refractivity contribution in [3.8, 4) is 0 Å². The molecule has 0 amide bonds. The van der Waals surface area contributed by atoms with Crippen LogP contribution in [0, 0.1) is 5.82 Å². The Kier molecular flexibility index (Phi) is 7.77. The van der Waals surface area contributed by atoms with Crippen LogP contribution in [-0.4, -0.2) is 31.1 Å². The molecule has 1 heterocycles. The minimum atomic E-state index is -4.64. The first-order valence-corrected chi connectivity index (χ1v) is 7.75. The number of hydrogen-bond donors (Lipinski definition) is 1. The van der Waals surface area contributed by atoms with Gasteiger partial charge in [0.1, 0.15) is 5.82 Å². The highest BCUT2D eigenvalue weighted by atomic mass is 35.5. The maximum absolute atomic E-state index is 13.8. The van der Waals surface area contributed by atoms with E-state index in [0.29, 0.717) is 5.56 Å². The maximum Gasteiger partial charge on any atom is 0.419 e. The number of halogens is 5. The summed E-state index contributed by atoms with van der Waals surface area (Å²) in [6.07, 6.45) is -1.83. The molecular weight excluding hydrogens is 332 g/mol. The van der Waals surface area contributed by atoms with Gasteiger partial charge >= 0.3 is 6.18 Å². The van der Waals surface area contributed by atoms with Gasteiger partial charge in [-0.3, -0.25) is 4.90 Å². The predicted molar refractivity (Wildman–Crippen MR) is 85.4 cm³/mol. The van der Waals surface area contributed by atoms with Crippen LogP contribution < -0.4 is 5.32 Å². The lowest BCUT2D eigenvalue weighted by molar-refractivity contribution is -0.140. The highest BCUT2D eigenvalue weighted by Gasteiger charge is 2.34. The van der Waals surface area contributed by atoms with Crippen LogP contribution in [0.2, 0.25) is 0 Å². The quantitative estimate of drug-likeness (QED) is 0.788. The average Bonchev–Trinajstić information content (AvgIpc) is 2.47. The molecule has 1 aromatic carbocycles. The number of benzene rings is 1. The Morgan fingerprint density at radius 3 is 2.39 bits per heavy atom. The molecule has 1 aliphatic heterocycles. The lowest BCUT2D eigenvalue weighted by Crippen LogP contribution is -2.45. The highest BCUT2D eigenvalue weighted by Crippen LogP contribution is 2.34. The molecule has 7 heteroatoms. The Morgan fingerprint density at radius 2 is 1.87 bits per heavy atom. The largest absolute Gasteiger partial charge is 0.419 e. The van der Waals surface area contributed by atoms with Crippen LogP contribution in [0.15, 0.2) is 18.2 Å². The second kappa shape index (κ2) is 8.85. The van der Waals surface area contributed by atoms with Gasteiger partial charge in [0.25, 0.3) is 0 Å². The second-order valence-corrected chi connectivity index (χ2v) is 5.68. The molecule has 0 unspecified atom stereocenters. The molecule has 132 valence electrons. The van der Waals surface area contributed by atoms with Gasteiger partial charge in [-0.1, -0.05) is 25.8 Å². The van der Waals surface area contributed by atoms with Crippen LogP contribution in [0.5, 0.6) is 0 Å². The summed E-state index contributed by atoms with van der Waals surface area (Å²) in [6, 6.07) is 3.34. The lowest BCUT2D eigenvalue weighted by atomic mass is 9.97. The topological polar surface area (TPSA) is 15.3 Å². The molecule has 0 spiro atoms. The van der Waals surface area contributed by atoms with Crippen molar-refractivity contribution in [2.45, 2.75) is 38.4 Å². The molecule has 1 aromatic rings. The summed E-state index contributed by atoms with van der Waals surface area (Å²) in [5.41, 5.74) is -0.549. The van der Waals surface area contributed by atoms with Crippen molar-refractivity contribution < 1.29 is 17.6 Å². The van der Waals surface area contributed by atoms with Gasteiger partial charge in [0.15, 0.2) is 0 Å². The van der Waals surface area contributed by atoms with Crippen LogP contribution in [0.3, 0.4) is 0 Å². The number of nitrogens with zero attached hydrogens (tertiary/aromatic N) is 1.